The topological polar surface area (TPSA) is 41.6 Å². The molecule has 1 fully saturated rings. The lowest BCUT2D eigenvalue weighted by Crippen LogP contribution is -2.44. The van der Waals surface area contributed by atoms with Crippen LogP contribution in [0.3, 0.4) is 0 Å². The number of hydrogen-bond donors (Lipinski definition) is 1. The number of rotatable bonds is 7. The molecule has 1 aromatic carbocycles. The van der Waals surface area contributed by atoms with Crippen LogP contribution in [0.5, 0.6) is 5.75 Å². The molecule has 1 saturated heterocycles. The van der Waals surface area contributed by atoms with Crippen molar-refractivity contribution in [2.75, 3.05) is 33.3 Å². The van der Waals surface area contributed by atoms with Gasteiger partial charge in [-0.3, -0.25) is 4.79 Å². The smallest absolute Gasteiger partial charge is 0.225 e. The van der Waals surface area contributed by atoms with Crippen molar-refractivity contribution in [3.05, 3.63) is 30.3 Å². The minimum Gasteiger partial charge on any atom is -0.494 e. The highest BCUT2D eigenvalue weighted by Gasteiger charge is 2.26. The zero-order chi connectivity index (χ0) is 15.8. The van der Waals surface area contributed by atoms with E-state index < -0.39 is 0 Å². The molecule has 2 rings (SSSR count). The van der Waals surface area contributed by atoms with Crippen molar-refractivity contribution in [1.29, 1.82) is 0 Å². The van der Waals surface area contributed by atoms with Crippen LogP contribution in [-0.2, 0) is 4.79 Å². The van der Waals surface area contributed by atoms with Gasteiger partial charge in [-0.25, -0.2) is 0 Å². The Morgan fingerprint density at radius 2 is 2.13 bits per heavy atom. The summed E-state index contributed by atoms with van der Waals surface area (Å²) in [6.45, 7) is 5.39. The SMILES string of the molecule is CNCC1CCCN(C(=O)C(C)CCOc2ccccc2)C1.Cl. The van der Waals surface area contributed by atoms with E-state index in [0.717, 1.165) is 38.2 Å². The lowest BCUT2D eigenvalue weighted by molar-refractivity contribution is -0.137. The van der Waals surface area contributed by atoms with Gasteiger partial charge in [-0.1, -0.05) is 25.1 Å². The summed E-state index contributed by atoms with van der Waals surface area (Å²) in [5, 5.41) is 3.22. The van der Waals surface area contributed by atoms with Gasteiger partial charge in [0.05, 0.1) is 6.61 Å². The van der Waals surface area contributed by atoms with Crippen molar-refractivity contribution in [3.8, 4) is 5.75 Å². The highest BCUT2D eigenvalue weighted by atomic mass is 35.5. The minimum atomic E-state index is 0. The molecule has 1 aliphatic heterocycles. The molecule has 2 atom stereocenters. The van der Waals surface area contributed by atoms with E-state index in [0.29, 0.717) is 12.5 Å². The number of piperidine rings is 1. The van der Waals surface area contributed by atoms with Crippen LogP contribution in [0.15, 0.2) is 30.3 Å². The molecule has 23 heavy (non-hydrogen) atoms. The van der Waals surface area contributed by atoms with Gasteiger partial charge in [0.15, 0.2) is 0 Å². The lowest BCUT2D eigenvalue weighted by atomic mass is 9.96. The third kappa shape index (κ3) is 6.40. The average molecular weight is 341 g/mol. The summed E-state index contributed by atoms with van der Waals surface area (Å²) in [5.74, 6) is 1.76. The number of benzene rings is 1. The number of hydrogen-bond acceptors (Lipinski definition) is 3. The van der Waals surface area contributed by atoms with Crippen molar-refractivity contribution < 1.29 is 9.53 Å². The van der Waals surface area contributed by atoms with Gasteiger partial charge in [0.25, 0.3) is 0 Å². The van der Waals surface area contributed by atoms with Crippen molar-refractivity contribution in [1.82, 2.24) is 10.2 Å². The zero-order valence-electron chi connectivity index (χ0n) is 14.2. The van der Waals surface area contributed by atoms with Crippen LogP contribution in [0.2, 0.25) is 0 Å². The highest BCUT2D eigenvalue weighted by Crippen LogP contribution is 2.19. The normalized spacial score (nSPS) is 18.9. The maximum absolute atomic E-state index is 12.5. The molecule has 0 spiro atoms. The number of nitrogens with zero attached hydrogens (tertiary/aromatic N) is 1. The first-order valence-electron chi connectivity index (χ1n) is 8.32. The molecule has 5 heteroatoms. The second-order valence-corrected chi connectivity index (χ2v) is 6.20. The fourth-order valence-electron chi connectivity index (χ4n) is 3.03. The van der Waals surface area contributed by atoms with E-state index in [2.05, 4.69) is 5.32 Å². The summed E-state index contributed by atoms with van der Waals surface area (Å²) in [5.41, 5.74) is 0. The number of carbonyl (C=O) groups excluding carboxylic acids is 1. The van der Waals surface area contributed by atoms with Crippen molar-refractivity contribution in [2.24, 2.45) is 11.8 Å². The summed E-state index contributed by atoms with van der Waals surface area (Å²) in [4.78, 5) is 14.6. The van der Waals surface area contributed by atoms with Gasteiger partial charge in [0.2, 0.25) is 5.91 Å². The number of likely N-dealkylation sites (tertiary alicyclic amines) is 1. The van der Waals surface area contributed by atoms with E-state index in [1.807, 2.05) is 49.2 Å². The van der Waals surface area contributed by atoms with Crippen LogP contribution in [0.4, 0.5) is 0 Å². The average Bonchev–Trinajstić information content (AvgIpc) is 2.55. The molecule has 1 N–H and O–H groups in total. The second-order valence-electron chi connectivity index (χ2n) is 6.20. The number of amides is 1. The van der Waals surface area contributed by atoms with Gasteiger partial charge in [-0.15, -0.1) is 12.4 Å². The summed E-state index contributed by atoms with van der Waals surface area (Å²) in [6, 6.07) is 9.77. The van der Waals surface area contributed by atoms with Gasteiger partial charge >= 0.3 is 0 Å². The Hall–Kier alpha value is -1.26. The van der Waals surface area contributed by atoms with Crippen molar-refractivity contribution in [2.45, 2.75) is 26.2 Å². The Bertz CT molecular complexity index is 454. The molecule has 2 unspecified atom stereocenters. The Morgan fingerprint density at radius 1 is 1.39 bits per heavy atom. The van der Waals surface area contributed by atoms with Crippen LogP contribution in [0.25, 0.3) is 0 Å². The lowest BCUT2D eigenvalue weighted by Gasteiger charge is -2.34. The largest absolute Gasteiger partial charge is 0.494 e. The maximum Gasteiger partial charge on any atom is 0.225 e. The monoisotopic (exact) mass is 340 g/mol. The van der Waals surface area contributed by atoms with E-state index in [1.165, 1.54) is 6.42 Å². The van der Waals surface area contributed by atoms with Gasteiger partial charge < -0.3 is 15.0 Å². The third-order valence-corrected chi connectivity index (χ3v) is 4.31. The fraction of sp³-hybridized carbons (Fsp3) is 0.611. The molecule has 1 aromatic rings. The Kier molecular flexibility index (Phi) is 9.03. The van der Waals surface area contributed by atoms with E-state index in [4.69, 9.17) is 4.74 Å². The van der Waals surface area contributed by atoms with Crippen LogP contribution in [0, 0.1) is 11.8 Å². The van der Waals surface area contributed by atoms with Crippen molar-refractivity contribution in [3.63, 3.8) is 0 Å². The Labute approximate surface area is 146 Å². The first kappa shape index (κ1) is 19.8. The minimum absolute atomic E-state index is 0. The number of ether oxygens (including phenoxy) is 1. The first-order valence-corrected chi connectivity index (χ1v) is 8.32. The first-order chi connectivity index (χ1) is 10.7. The predicted molar refractivity (Wildman–Crippen MR) is 96.2 cm³/mol. The summed E-state index contributed by atoms with van der Waals surface area (Å²) < 4.78 is 5.69. The molecule has 0 aromatic heterocycles. The van der Waals surface area contributed by atoms with E-state index in [1.54, 1.807) is 0 Å². The van der Waals surface area contributed by atoms with Crippen LogP contribution in [-0.4, -0.2) is 44.1 Å². The number of halogens is 1. The molecule has 4 nitrogen and oxygen atoms in total. The second kappa shape index (κ2) is 10.5. The van der Waals surface area contributed by atoms with Crippen LogP contribution >= 0.6 is 12.4 Å². The zero-order valence-corrected chi connectivity index (χ0v) is 15.0. The quantitative estimate of drug-likeness (QED) is 0.829. The van der Waals surface area contributed by atoms with Crippen LogP contribution < -0.4 is 10.1 Å². The number of para-hydroxylation sites is 1. The molecule has 1 heterocycles. The molecular formula is C18H29ClN2O2. The van der Waals surface area contributed by atoms with Gasteiger partial charge in [-0.05, 0) is 50.9 Å². The van der Waals surface area contributed by atoms with Gasteiger partial charge in [-0.2, -0.15) is 0 Å². The van der Waals surface area contributed by atoms with Gasteiger partial charge in [0.1, 0.15) is 5.75 Å². The Morgan fingerprint density at radius 3 is 2.83 bits per heavy atom. The third-order valence-electron chi connectivity index (χ3n) is 4.31. The molecular weight excluding hydrogens is 312 g/mol. The molecule has 0 radical (unpaired) electrons. The molecule has 0 aliphatic carbocycles. The number of carbonyl (C=O) groups is 1. The molecule has 1 amide bonds. The predicted octanol–water partition coefficient (Wildman–Crippen LogP) is 2.97. The summed E-state index contributed by atoms with van der Waals surface area (Å²) in [7, 11) is 1.98. The maximum atomic E-state index is 12.5. The summed E-state index contributed by atoms with van der Waals surface area (Å²) in [6.07, 6.45) is 3.10. The molecule has 130 valence electrons. The van der Waals surface area contributed by atoms with Crippen molar-refractivity contribution >= 4 is 18.3 Å². The molecule has 0 bridgehead atoms. The molecule has 0 saturated carbocycles. The molecule has 1 aliphatic rings. The standard InChI is InChI=1S/C18H28N2O2.ClH/c1-15(10-12-22-17-8-4-3-5-9-17)18(21)20-11-6-7-16(14-20)13-19-2;/h3-5,8-9,15-16,19H,6-7,10-14H2,1-2H3;1H. The van der Waals surface area contributed by atoms with E-state index in [-0.39, 0.29) is 24.2 Å². The van der Waals surface area contributed by atoms with E-state index >= 15 is 0 Å². The van der Waals surface area contributed by atoms with E-state index in [9.17, 15) is 4.79 Å². The fourth-order valence-corrected chi connectivity index (χ4v) is 3.03. The summed E-state index contributed by atoms with van der Waals surface area (Å²) >= 11 is 0. The number of nitrogens with one attached hydrogen (secondary N) is 1. The van der Waals surface area contributed by atoms with Crippen LogP contribution in [0.1, 0.15) is 26.2 Å². The highest BCUT2D eigenvalue weighted by molar-refractivity contribution is 5.85. The Balaban J connectivity index is 0.00000264. The van der Waals surface area contributed by atoms with Gasteiger partial charge in [0, 0.05) is 19.0 Å².